The number of nitro benzene ring substituents is 1. The minimum atomic E-state index is -0.809. The maximum absolute atomic E-state index is 13.5. The van der Waals surface area contributed by atoms with Crippen molar-refractivity contribution in [3.05, 3.63) is 106 Å². The van der Waals surface area contributed by atoms with Gasteiger partial charge in [0.1, 0.15) is 11.5 Å². The summed E-state index contributed by atoms with van der Waals surface area (Å²) in [6.07, 6.45) is 5.24. The van der Waals surface area contributed by atoms with E-state index in [9.17, 15) is 29.3 Å². The second-order valence-electron chi connectivity index (χ2n) is 11.1. The Balaban J connectivity index is 1.01. The summed E-state index contributed by atoms with van der Waals surface area (Å²) in [6.45, 7) is -0.541. The molecule has 3 fully saturated rings. The van der Waals surface area contributed by atoms with E-state index in [-0.39, 0.29) is 46.2 Å². The van der Waals surface area contributed by atoms with Crippen LogP contribution in [0, 0.1) is 45.6 Å². The maximum Gasteiger partial charge on any atom is 0.340 e. The lowest BCUT2D eigenvalue weighted by Crippen LogP contribution is -2.40. The zero-order chi connectivity index (χ0) is 29.1. The molecule has 6 atom stereocenters. The average molecular weight is 565 g/mol. The van der Waals surface area contributed by atoms with E-state index in [0.717, 1.165) is 11.3 Å². The fourth-order valence-corrected chi connectivity index (χ4v) is 6.81. The number of esters is 1. The zero-order valence-electron chi connectivity index (χ0n) is 22.1. The molecule has 10 heteroatoms. The minimum absolute atomic E-state index is 0.0444. The van der Waals surface area contributed by atoms with Gasteiger partial charge in [-0.25, -0.2) is 9.69 Å². The van der Waals surface area contributed by atoms with E-state index in [0.29, 0.717) is 23.3 Å². The smallest absolute Gasteiger partial charge is 0.340 e. The summed E-state index contributed by atoms with van der Waals surface area (Å²) in [5, 5.41) is 10.8. The number of benzene rings is 3. The molecular weight excluding hydrogens is 540 g/mol. The van der Waals surface area contributed by atoms with Crippen LogP contribution in [0.4, 0.5) is 11.4 Å². The predicted molar refractivity (Wildman–Crippen MR) is 148 cm³/mol. The summed E-state index contributed by atoms with van der Waals surface area (Å²) in [6, 6.07) is 18.0. The third-order valence-corrected chi connectivity index (χ3v) is 8.82. The highest BCUT2D eigenvalue weighted by atomic mass is 16.6. The molecule has 5 aliphatic rings. The first kappa shape index (κ1) is 25.8. The number of carbonyl (C=O) groups is 4. The summed E-state index contributed by atoms with van der Waals surface area (Å²) < 4.78 is 11.0. The van der Waals surface area contributed by atoms with E-state index in [1.165, 1.54) is 42.5 Å². The predicted octanol–water partition coefficient (Wildman–Crippen LogP) is 4.98. The van der Waals surface area contributed by atoms with Gasteiger partial charge in [-0.15, -0.1) is 0 Å². The molecule has 42 heavy (non-hydrogen) atoms. The lowest BCUT2D eigenvalue weighted by atomic mass is 9.63. The van der Waals surface area contributed by atoms with Crippen molar-refractivity contribution in [2.24, 2.45) is 35.5 Å². The number of ether oxygens (including phenoxy) is 2. The van der Waals surface area contributed by atoms with E-state index in [1.807, 2.05) is 0 Å². The van der Waals surface area contributed by atoms with Gasteiger partial charge in [-0.05, 0) is 78.6 Å². The molecule has 2 saturated carbocycles. The summed E-state index contributed by atoms with van der Waals surface area (Å²) in [7, 11) is 0. The zero-order valence-corrected chi connectivity index (χ0v) is 22.1. The van der Waals surface area contributed by atoms with E-state index < -0.39 is 35.1 Å². The van der Waals surface area contributed by atoms with Crippen LogP contribution in [-0.4, -0.2) is 35.1 Å². The first-order chi connectivity index (χ1) is 20.3. The number of nitro groups is 1. The summed E-state index contributed by atoms with van der Waals surface area (Å²) >= 11 is 0. The van der Waals surface area contributed by atoms with Crippen LogP contribution in [0.2, 0.25) is 0 Å². The largest absolute Gasteiger partial charge is 0.457 e. The standard InChI is InChI=1S/C32H24N2O8/c35-27(17-5-9-19(10-6-17)42-20-11-7-18(8-12-20)34(39)40)16-41-32(38)23-3-1-2-4-26(23)33-30(36)28-21-13-14-22(25-15-24(21)25)29(28)31(33)37/h1-14,21-22,24-25,28-29H,15-16H2/t21-,22-,24-,25-,28-,29+/m1/s1. The fraction of sp³-hybridized carbons (Fsp3) is 0.250. The van der Waals surface area contributed by atoms with Gasteiger partial charge in [-0.3, -0.25) is 24.5 Å². The van der Waals surface area contributed by atoms with Crippen LogP contribution in [-0.2, 0) is 14.3 Å². The molecule has 0 N–H and O–H groups in total. The molecule has 0 radical (unpaired) electrons. The third kappa shape index (κ3) is 4.18. The van der Waals surface area contributed by atoms with Gasteiger partial charge in [0.15, 0.2) is 12.4 Å². The summed E-state index contributed by atoms with van der Waals surface area (Å²) in [4.78, 5) is 64.4. The number of hydrogen-bond acceptors (Lipinski definition) is 8. The molecule has 3 aromatic rings. The molecule has 1 aliphatic heterocycles. The van der Waals surface area contributed by atoms with Gasteiger partial charge in [0.25, 0.3) is 5.69 Å². The van der Waals surface area contributed by atoms with E-state index in [2.05, 4.69) is 12.2 Å². The van der Waals surface area contributed by atoms with Crippen molar-refractivity contribution in [2.45, 2.75) is 6.42 Å². The first-order valence-electron chi connectivity index (χ1n) is 13.7. The molecule has 1 heterocycles. The van der Waals surface area contributed by atoms with E-state index in [1.54, 1.807) is 30.3 Å². The van der Waals surface area contributed by atoms with Crippen LogP contribution in [0.25, 0.3) is 0 Å². The van der Waals surface area contributed by atoms with Gasteiger partial charge in [0.2, 0.25) is 11.8 Å². The second kappa shape index (κ2) is 9.76. The van der Waals surface area contributed by atoms with Crippen molar-refractivity contribution < 1.29 is 33.6 Å². The SMILES string of the molecule is O=C(COC(=O)c1ccccc1N1C(=O)[C@@H]2[C@@H]3C=C[C@H]([C@H]4C[C@H]34)[C@@H]2C1=O)c1ccc(Oc2ccc([N+](=O)[O-])cc2)cc1. The van der Waals surface area contributed by atoms with Crippen LogP contribution in [0.5, 0.6) is 11.5 Å². The number of Topliss-reactive ketones (excluding diaryl/α,β-unsaturated/α-hetero) is 1. The molecule has 10 nitrogen and oxygen atoms in total. The highest BCUT2D eigenvalue weighted by Gasteiger charge is 2.67. The second-order valence-corrected chi connectivity index (χ2v) is 11.1. The Kier molecular flexibility index (Phi) is 6.00. The number of non-ortho nitro benzene ring substituents is 1. The number of hydrogen-bond donors (Lipinski definition) is 0. The van der Waals surface area contributed by atoms with E-state index in [4.69, 9.17) is 9.47 Å². The Labute approximate surface area is 239 Å². The number of para-hydroxylation sites is 1. The molecule has 210 valence electrons. The van der Waals surface area contributed by atoms with Crippen molar-refractivity contribution in [1.82, 2.24) is 0 Å². The molecule has 0 unspecified atom stereocenters. The summed E-state index contributed by atoms with van der Waals surface area (Å²) in [5.74, 6) is -0.745. The van der Waals surface area contributed by atoms with Crippen molar-refractivity contribution in [2.75, 3.05) is 11.5 Å². The molecular formula is C32H24N2O8. The van der Waals surface area contributed by atoms with Crippen molar-refractivity contribution >= 4 is 34.9 Å². The Morgan fingerprint density at radius 1 is 0.833 bits per heavy atom. The van der Waals surface area contributed by atoms with Gasteiger partial charge in [0, 0.05) is 17.7 Å². The molecule has 0 spiro atoms. The van der Waals surface area contributed by atoms with Crippen LogP contribution < -0.4 is 9.64 Å². The maximum atomic E-state index is 13.5. The molecule has 8 rings (SSSR count). The normalized spacial score (nSPS) is 26.4. The van der Waals surface area contributed by atoms with Crippen molar-refractivity contribution in [3.8, 4) is 11.5 Å². The van der Waals surface area contributed by atoms with E-state index >= 15 is 0 Å². The fourth-order valence-electron chi connectivity index (χ4n) is 6.81. The molecule has 4 aliphatic carbocycles. The topological polar surface area (TPSA) is 133 Å². The first-order valence-corrected chi connectivity index (χ1v) is 13.7. The quantitative estimate of drug-likeness (QED) is 0.0934. The number of carbonyl (C=O) groups excluding carboxylic acids is 4. The number of amides is 2. The van der Waals surface area contributed by atoms with Crippen LogP contribution in [0.1, 0.15) is 27.1 Å². The van der Waals surface area contributed by atoms with Crippen LogP contribution in [0.15, 0.2) is 84.9 Å². The highest BCUT2D eigenvalue weighted by molar-refractivity contribution is 6.24. The average Bonchev–Trinajstić information content (AvgIpc) is 3.79. The molecule has 0 aromatic heterocycles. The molecule has 1 saturated heterocycles. The monoisotopic (exact) mass is 564 g/mol. The van der Waals surface area contributed by atoms with Gasteiger partial charge in [0.05, 0.1) is 28.0 Å². The lowest BCUT2D eigenvalue weighted by molar-refractivity contribution is -0.384. The minimum Gasteiger partial charge on any atom is -0.457 e. The van der Waals surface area contributed by atoms with Gasteiger partial charge < -0.3 is 9.47 Å². The van der Waals surface area contributed by atoms with Gasteiger partial charge in [-0.1, -0.05) is 24.3 Å². The summed E-state index contributed by atoms with van der Waals surface area (Å²) in [5.41, 5.74) is 0.448. The number of imide groups is 1. The number of nitrogens with zero attached hydrogens (tertiary/aromatic N) is 2. The third-order valence-electron chi connectivity index (χ3n) is 8.82. The Bertz CT molecular complexity index is 1640. The Morgan fingerprint density at radius 3 is 2.00 bits per heavy atom. The van der Waals surface area contributed by atoms with Gasteiger partial charge in [-0.2, -0.15) is 0 Å². The van der Waals surface area contributed by atoms with Crippen LogP contribution >= 0.6 is 0 Å². The molecule has 3 aromatic carbocycles. The Morgan fingerprint density at radius 2 is 1.40 bits per heavy atom. The molecule has 2 bridgehead atoms. The van der Waals surface area contributed by atoms with Crippen molar-refractivity contribution in [3.63, 3.8) is 0 Å². The number of ketones is 1. The number of anilines is 1. The number of rotatable bonds is 8. The lowest BCUT2D eigenvalue weighted by Gasteiger charge is -2.37. The highest BCUT2D eigenvalue weighted by Crippen LogP contribution is 2.65. The van der Waals surface area contributed by atoms with Gasteiger partial charge >= 0.3 is 5.97 Å². The van der Waals surface area contributed by atoms with Crippen molar-refractivity contribution in [1.29, 1.82) is 0 Å². The number of allylic oxidation sites excluding steroid dienone is 2. The van der Waals surface area contributed by atoms with Crippen LogP contribution in [0.3, 0.4) is 0 Å². The Hall–Kier alpha value is -5.12. The molecule has 2 amide bonds.